The van der Waals surface area contributed by atoms with Crippen molar-refractivity contribution >= 4 is 10.9 Å². The van der Waals surface area contributed by atoms with Crippen molar-refractivity contribution in [3.63, 3.8) is 0 Å². The zero-order chi connectivity index (χ0) is 12.0. The highest BCUT2D eigenvalue weighted by atomic mass is 16.2. The maximum atomic E-state index is 11.9. The van der Waals surface area contributed by atoms with Crippen LogP contribution in [0.15, 0.2) is 27.8 Å². The van der Waals surface area contributed by atoms with Gasteiger partial charge in [-0.15, -0.1) is 0 Å². The van der Waals surface area contributed by atoms with E-state index in [1.165, 1.54) is 12.8 Å². The summed E-state index contributed by atoms with van der Waals surface area (Å²) in [6, 6.07) is 5.55. The molecule has 1 saturated carbocycles. The van der Waals surface area contributed by atoms with E-state index in [0.717, 1.165) is 17.6 Å². The normalized spacial score (nSPS) is 15.4. The second-order valence-electron chi connectivity index (χ2n) is 4.78. The van der Waals surface area contributed by atoms with E-state index in [-0.39, 0.29) is 11.2 Å². The highest BCUT2D eigenvalue weighted by Crippen LogP contribution is 2.31. The Labute approximate surface area is 97.9 Å². The lowest BCUT2D eigenvalue weighted by atomic mass is 10.1. The maximum Gasteiger partial charge on any atom is 0.328 e. The van der Waals surface area contributed by atoms with Crippen LogP contribution in [0.4, 0.5) is 0 Å². The standard InChI is InChI=1S/C13H14N2O2/c1-8-3-2-4-10-11(8)15(7-9-5-6-9)13(17)14-12(10)16/h2-4,9H,5-7H2,1H3,(H,14,16,17). The van der Waals surface area contributed by atoms with E-state index in [2.05, 4.69) is 4.98 Å². The summed E-state index contributed by atoms with van der Waals surface area (Å²) in [6.07, 6.45) is 2.36. The first-order valence-electron chi connectivity index (χ1n) is 5.89. The summed E-state index contributed by atoms with van der Waals surface area (Å²) in [7, 11) is 0. The second-order valence-corrected chi connectivity index (χ2v) is 4.78. The first kappa shape index (κ1) is 10.3. The Kier molecular flexibility index (Phi) is 2.18. The molecule has 0 unspecified atom stereocenters. The average Bonchev–Trinajstić information content (AvgIpc) is 3.08. The number of H-pyrrole nitrogens is 1. The fourth-order valence-corrected chi connectivity index (χ4v) is 2.27. The molecular formula is C13H14N2O2. The zero-order valence-electron chi connectivity index (χ0n) is 9.69. The van der Waals surface area contributed by atoms with E-state index in [1.807, 2.05) is 19.1 Å². The van der Waals surface area contributed by atoms with Crippen LogP contribution in [0, 0.1) is 12.8 Å². The van der Waals surface area contributed by atoms with Gasteiger partial charge in [-0.3, -0.25) is 14.3 Å². The Morgan fingerprint density at radius 1 is 1.35 bits per heavy atom. The van der Waals surface area contributed by atoms with Crippen LogP contribution in [0.5, 0.6) is 0 Å². The van der Waals surface area contributed by atoms with Crippen molar-refractivity contribution in [2.24, 2.45) is 5.92 Å². The number of benzene rings is 1. The molecule has 1 fully saturated rings. The minimum atomic E-state index is -0.291. The summed E-state index contributed by atoms with van der Waals surface area (Å²) in [6.45, 7) is 2.65. The fourth-order valence-electron chi connectivity index (χ4n) is 2.27. The Hall–Kier alpha value is -1.84. The summed E-state index contributed by atoms with van der Waals surface area (Å²) < 4.78 is 1.71. The third kappa shape index (κ3) is 1.69. The molecule has 17 heavy (non-hydrogen) atoms. The number of rotatable bonds is 2. The summed E-state index contributed by atoms with van der Waals surface area (Å²) >= 11 is 0. The molecule has 4 nitrogen and oxygen atoms in total. The zero-order valence-corrected chi connectivity index (χ0v) is 9.69. The molecule has 0 bridgehead atoms. The molecule has 1 aromatic carbocycles. The molecule has 1 aromatic heterocycles. The van der Waals surface area contributed by atoms with Crippen LogP contribution in [0.2, 0.25) is 0 Å². The number of aryl methyl sites for hydroxylation is 1. The lowest BCUT2D eigenvalue weighted by Gasteiger charge is -2.10. The molecule has 1 N–H and O–H groups in total. The highest BCUT2D eigenvalue weighted by molar-refractivity contribution is 5.81. The number of hydrogen-bond donors (Lipinski definition) is 1. The number of aromatic amines is 1. The molecule has 0 spiro atoms. The van der Waals surface area contributed by atoms with E-state index in [4.69, 9.17) is 0 Å². The molecule has 0 atom stereocenters. The maximum absolute atomic E-state index is 11.9. The molecule has 1 heterocycles. The Balaban J connectivity index is 2.38. The number of fused-ring (bicyclic) bond motifs is 1. The molecule has 1 aliphatic carbocycles. The van der Waals surface area contributed by atoms with Crippen LogP contribution >= 0.6 is 0 Å². The first-order chi connectivity index (χ1) is 8.16. The Morgan fingerprint density at radius 2 is 2.12 bits per heavy atom. The van der Waals surface area contributed by atoms with E-state index in [9.17, 15) is 9.59 Å². The SMILES string of the molecule is Cc1cccc2c(=O)[nH]c(=O)n(CC3CC3)c12. The first-order valence-corrected chi connectivity index (χ1v) is 5.89. The van der Waals surface area contributed by atoms with Crippen LogP contribution in [0.25, 0.3) is 10.9 Å². The predicted molar refractivity (Wildman–Crippen MR) is 66.3 cm³/mol. The molecular weight excluding hydrogens is 216 g/mol. The van der Waals surface area contributed by atoms with Gasteiger partial charge in [0.05, 0.1) is 10.9 Å². The molecule has 2 aromatic rings. The van der Waals surface area contributed by atoms with Crippen molar-refractivity contribution < 1.29 is 0 Å². The van der Waals surface area contributed by atoms with Gasteiger partial charge < -0.3 is 0 Å². The van der Waals surface area contributed by atoms with E-state index in [0.29, 0.717) is 11.3 Å². The average molecular weight is 230 g/mol. The van der Waals surface area contributed by atoms with Crippen molar-refractivity contribution in [1.29, 1.82) is 0 Å². The quantitative estimate of drug-likeness (QED) is 0.848. The third-order valence-corrected chi connectivity index (χ3v) is 3.36. The number of hydrogen-bond acceptors (Lipinski definition) is 2. The van der Waals surface area contributed by atoms with Gasteiger partial charge in [0.2, 0.25) is 0 Å². The van der Waals surface area contributed by atoms with Crippen molar-refractivity contribution in [1.82, 2.24) is 9.55 Å². The molecule has 0 saturated heterocycles. The smallest absolute Gasteiger partial charge is 0.293 e. The second kappa shape index (κ2) is 3.58. The van der Waals surface area contributed by atoms with E-state index < -0.39 is 0 Å². The summed E-state index contributed by atoms with van der Waals surface area (Å²) in [4.78, 5) is 26.0. The molecule has 0 amide bonds. The minimum absolute atomic E-state index is 0.288. The summed E-state index contributed by atoms with van der Waals surface area (Å²) in [5.41, 5.74) is 1.18. The van der Waals surface area contributed by atoms with E-state index in [1.54, 1.807) is 10.6 Å². The Bertz CT molecular complexity index is 693. The van der Waals surface area contributed by atoms with Crippen LogP contribution in [0.1, 0.15) is 18.4 Å². The van der Waals surface area contributed by atoms with Gasteiger partial charge in [-0.05, 0) is 37.3 Å². The summed E-state index contributed by atoms with van der Waals surface area (Å²) in [5, 5.41) is 0.602. The van der Waals surface area contributed by atoms with Crippen LogP contribution in [-0.4, -0.2) is 9.55 Å². The topological polar surface area (TPSA) is 54.9 Å². The number of nitrogens with zero attached hydrogens (tertiary/aromatic N) is 1. The molecule has 4 heteroatoms. The monoisotopic (exact) mass is 230 g/mol. The molecule has 88 valence electrons. The number of para-hydroxylation sites is 1. The number of aromatic nitrogens is 2. The van der Waals surface area contributed by atoms with Crippen LogP contribution in [-0.2, 0) is 6.54 Å². The van der Waals surface area contributed by atoms with Gasteiger partial charge in [-0.2, -0.15) is 0 Å². The van der Waals surface area contributed by atoms with Crippen molar-refractivity contribution in [2.75, 3.05) is 0 Å². The van der Waals surface area contributed by atoms with Crippen molar-refractivity contribution in [3.05, 3.63) is 44.6 Å². The summed E-state index contributed by atoms with van der Waals surface area (Å²) in [5.74, 6) is 0.599. The van der Waals surface area contributed by atoms with Gasteiger partial charge in [-0.1, -0.05) is 12.1 Å². The van der Waals surface area contributed by atoms with Gasteiger partial charge in [-0.25, -0.2) is 4.79 Å². The predicted octanol–water partition coefficient (Wildman–Crippen LogP) is 1.41. The Morgan fingerprint density at radius 3 is 2.82 bits per heavy atom. The fraction of sp³-hybridized carbons (Fsp3) is 0.385. The van der Waals surface area contributed by atoms with Crippen molar-refractivity contribution in [2.45, 2.75) is 26.3 Å². The van der Waals surface area contributed by atoms with Crippen LogP contribution in [0.3, 0.4) is 0 Å². The largest absolute Gasteiger partial charge is 0.328 e. The lowest BCUT2D eigenvalue weighted by molar-refractivity contribution is 0.610. The van der Waals surface area contributed by atoms with E-state index >= 15 is 0 Å². The van der Waals surface area contributed by atoms with Gasteiger partial charge in [0.25, 0.3) is 5.56 Å². The van der Waals surface area contributed by atoms with Gasteiger partial charge in [0, 0.05) is 6.54 Å². The lowest BCUT2D eigenvalue weighted by Crippen LogP contribution is -2.31. The van der Waals surface area contributed by atoms with Gasteiger partial charge in [0.15, 0.2) is 0 Å². The van der Waals surface area contributed by atoms with Gasteiger partial charge >= 0.3 is 5.69 Å². The highest BCUT2D eigenvalue weighted by Gasteiger charge is 2.23. The molecule has 0 radical (unpaired) electrons. The van der Waals surface area contributed by atoms with Crippen LogP contribution < -0.4 is 11.2 Å². The van der Waals surface area contributed by atoms with Gasteiger partial charge in [0.1, 0.15) is 0 Å². The number of nitrogens with one attached hydrogen (secondary N) is 1. The third-order valence-electron chi connectivity index (χ3n) is 3.36. The molecule has 1 aliphatic rings. The van der Waals surface area contributed by atoms with Crippen molar-refractivity contribution in [3.8, 4) is 0 Å². The minimum Gasteiger partial charge on any atom is -0.293 e. The molecule has 3 rings (SSSR count). The molecule has 0 aliphatic heterocycles.